The second-order valence-corrected chi connectivity index (χ2v) is 6.24. The van der Waals surface area contributed by atoms with Crippen molar-refractivity contribution in [2.75, 3.05) is 18.4 Å². The molecule has 6 heteroatoms. The topological polar surface area (TPSA) is 98.2 Å². The van der Waals surface area contributed by atoms with Crippen LogP contribution in [0.2, 0.25) is 0 Å². The monoisotopic (exact) mass is 285 g/mol. The van der Waals surface area contributed by atoms with Crippen LogP contribution in [0.1, 0.15) is 26.2 Å². The van der Waals surface area contributed by atoms with E-state index in [1.165, 1.54) is 12.1 Å². The third-order valence-electron chi connectivity index (χ3n) is 3.05. The van der Waals surface area contributed by atoms with Crippen molar-refractivity contribution < 1.29 is 8.42 Å². The van der Waals surface area contributed by atoms with Crippen LogP contribution in [0.25, 0.3) is 0 Å². The van der Waals surface area contributed by atoms with E-state index in [9.17, 15) is 8.42 Å². The second-order valence-electron chi connectivity index (χ2n) is 4.68. The molecule has 1 atom stereocenters. The fraction of sp³-hybridized carbons (Fsp3) is 0.538. The number of benzene rings is 1. The highest BCUT2D eigenvalue weighted by Gasteiger charge is 2.08. The third-order valence-corrected chi connectivity index (χ3v) is 3.98. The lowest BCUT2D eigenvalue weighted by Gasteiger charge is -2.16. The van der Waals surface area contributed by atoms with E-state index in [0.29, 0.717) is 12.5 Å². The molecule has 19 heavy (non-hydrogen) atoms. The van der Waals surface area contributed by atoms with Crippen molar-refractivity contribution in [1.29, 1.82) is 0 Å². The van der Waals surface area contributed by atoms with Crippen molar-refractivity contribution >= 4 is 15.7 Å². The molecule has 0 saturated carbocycles. The quantitative estimate of drug-likeness (QED) is 0.674. The molecule has 5 nitrogen and oxygen atoms in total. The number of hydrogen-bond donors (Lipinski definition) is 3. The fourth-order valence-electron chi connectivity index (χ4n) is 2.02. The maximum absolute atomic E-state index is 11.1. The zero-order chi connectivity index (χ0) is 14.3. The summed E-state index contributed by atoms with van der Waals surface area (Å²) in [4.78, 5) is 0.130. The van der Waals surface area contributed by atoms with E-state index < -0.39 is 10.0 Å². The Labute approximate surface area is 115 Å². The van der Waals surface area contributed by atoms with Crippen LogP contribution >= 0.6 is 0 Å². The average Bonchev–Trinajstić information content (AvgIpc) is 2.36. The molecule has 0 radical (unpaired) electrons. The van der Waals surface area contributed by atoms with E-state index >= 15 is 0 Å². The van der Waals surface area contributed by atoms with Crippen LogP contribution in [0.5, 0.6) is 0 Å². The standard InChI is InChI=1S/C13H23N3O2S/c1-2-3-11(8-9-14)10-16-12-4-6-13(7-5-12)19(15,17)18/h4-7,11,16H,2-3,8-10,14H2,1H3,(H2,15,17,18). The van der Waals surface area contributed by atoms with Crippen molar-refractivity contribution in [3.8, 4) is 0 Å². The first kappa shape index (κ1) is 15.9. The molecular formula is C13H23N3O2S. The van der Waals surface area contributed by atoms with Crippen LogP contribution in [0, 0.1) is 5.92 Å². The highest BCUT2D eigenvalue weighted by molar-refractivity contribution is 7.89. The molecule has 0 aromatic heterocycles. The SMILES string of the molecule is CCCC(CCN)CNc1ccc(S(N)(=O)=O)cc1. The molecule has 0 saturated heterocycles. The lowest BCUT2D eigenvalue weighted by atomic mass is 10.00. The summed E-state index contributed by atoms with van der Waals surface area (Å²) in [5, 5.41) is 8.35. The van der Waals surface area contributed by atoms with Crippen LogP contribution < -0.4 is 16.2 Å². The smallest absolute Gasteiger partial charge is 0.238 e. The van der Waals surface area contributed by atoms with E-state index in [0.717, 1.165) is 31.5 Å². The van der Waals surface area contributed by atoms with Crippen LogP contribution in [-0.2, 0) is 10.0 Å². The minimum atomic E-state index is -3.61. The molecule has 0 aliphatic carbocycles. The lowest BCUT2D eigenvalue weighted by molar-refractivity contribution is 0.473. The number of rotatable bonds is 8. The summed E-state index contributed by atoms with van der Waals surface area (Å²) in [5.41, 5.74) is 6.48. The summed E-state index contributed by atoms with van der Waals surface area (Å²) in [7, 11) is -3.61. The van der Waals surface area contributed by atoms with Crippen LogP contribution in [0.4, 0.5) is 5.69 Å². The van der Waals surface area contributed by atoms with E-state index in [1.807, 2.05) is 0 Å². The summed E-state index contributed by atoms with van der Waals surface area (Å²) in [6, 6.07) is 6.47. The number of nitrogens with two attached hydrogens (primary N) is 2. The zero-order valence-corrected chi connectivity index (χ0v) is 12.1. The first-order chi connectivity index (χ1) is 8.97. The fourth-order valence-corrected chi connectivity index (χ4v) is 2.53. The van der Waals surface area contributed by atoms with Gasteiger partial charge in [0.25, 0.3) is 0 Å². The molecule has 0 spiro atoms. The van der Waals surface area contributed by atoms with Crippen LogP contribution in [0.15, 0.2) is 29.2 Å². The Balaban J connectivity index is 2.58. The molecule has 108 valence electrons. The Bertz CT molecular complexity index is 465. The number of anilines is 1. The lowest BCUT2D eigenvalue weighted by Crippen LogP contribution is -2.18. The van der Waals surface area contributed by atoms with Gasteiger partial charge in [-0.25, -0.2) is 13.6 Å². The molecule has 0 heterocycles. The van der Waals surface area contributed by atoms with Gasteiger partial charge in [0.05, 0.1) is 4.90 Å². The van der Waals surface area contributed by atoms with Gasteiger partial charge >= 0.3 is 0 Å². The molecular weight excluding hydrogens is 262 g/mol. The van der Waals surface area contributed by atoms with Crippen molar-refractivity contribution in [1.82, 2.24) is 0 Å². The van der Waals surface area contributed by atoms with E-state index in [-0.39, 0.29) is 4.90 Å². The number of nitrogens with one attached hydrogen (secondary N) is 1. The maximum atomic E-state index is 11.1. The van der Waals surface area contributed by atoms with E-state index in [4.69, 9.17) is 10.9 Å². The van der Waals surface area contributed by atoms with Gasteiger partial charge in [0.15, 0.2) is 0 Å². The molecule has 0 fully saturated rings. The Kier molecular flexibility index (Phi) is 6.27. The van der Waals surface area contributed by atoms with Gasteiger partial charge in [-0.15, -0.1) is 0 Å². The third kappa shape index (κ3) is 5.59. The summed E-state index contributed by atoms with van der Waals surface area (Å²) in [6.07, 6.45) is 3.27. The Morgan fingerprint density at radius 1 is 1.21 bits per heavy atom. The average molecular weight is 285 g/mol. The highest BCUT2D eigenvalue weighted by atomic mass is 32.2. The van der Waals surface area contributed by atoms with E-state index in [2.05, 4.69) is 12.2 Å². The first-order valence-electron chi connectivity index (χ1n) is 6.54. The molecule has 1 rings (SSSR count). The summed E-state index contributed by atoms with van der Waals surface area (Å²) in [5.74, 6) is 0.549. The van der Waals surface area contributed by atoms with Crippen molar-refractivity contribution in [2.24, 2.45) is 16.8 Å². The summed E-state index contributed by atoms with van der Waals surface area (Å²) < 4.78 is 22.2. The number of primary sulfonamides is 1. The molecule has 1 aromatic rings. The largest absolute Gasteiger partial charge is 0.385 e. The second kappa shape index (κ2) is 7.47. The van der Waals surface area contributed by atoms with Crippen LogP contribution in [0.3, 0.4) is 0 Å². The predicted molar refractivity (Wildman–Crippen MR) is 78.4 cm³/mol. The van der Waals surface area contributed by atoms with Gasteiger partial charge < -0.3 is 11.1 Å². The minimum absolute atomic E-state index is 0.130. The summed E-state index contributed by atoms with van der Waals surface area (Å²) in [6.45, 7) is 3.70. The molecule has 0 aliphatic heterocycles. The van der Waals surface area contributed by atoms with Crippen molar-refractivity contribution in [3.05, 3.63) is 24.3 Å². The predicted octanol–water partition coefficient (Wildman–Crippen LogP) is 1.51. The van der Waals surface area contributed by atoms with Gasteiger partial charge in [0.2, 0.25) is 10.0 Å². The first-order valence-corrected chi connectivity index (χ1v) is 8.08. The van der Waals surface area contributed by atoms with Gasteiger partial charge in [-0.2, -0.15) is 0 Å². The maximum Gasteiger partial charge on any atom is 0.238 e. The normalized spacial score (nSPS) is 13.2. The molecule has 0 bridgehead atoms. The molecule has 0 amide bonds. The van der Waals surface area contributed by atoms with Gasteiger partial charge in [-0.05, 0) is 49.6 Å². The molecule has 5 N–H and O–H groups in total. The zero-order valence-electron chi connectivity index (χ0n) is 11.3. The molecule has 0 aliphatic rings. The highest BCUT2D eigenvalue weighted by Crippen LogP contribution is 2.15. The van der Waals surface area contributed by atoms with E-state index in [1.54, 1.807) is 12.1 Å². The van der Waals surface area contributed by atoms with Gasteiger partial charge in [-0.1, -0.05) is 13.3 Å². The summed E-state index contributed by atoms with van der Waals surface area (Å²) >= 11 is 0. The Morgan fingerprint density at radius 3 is 2.32 bits per heavy atom. The van der Waals surface area contributed by atoms with Crippen LogP contribution in [-0.4, -0.2) is 21.5 Å². The van der Waals surface area contributed by atoms with Gasteiger partial charge in [0.1, 0.15) is 0 Å². The Morgan fingerprint density at radius 2 is 1.84 bits per heavy atom. The minimum Gasteiger partial charge on any atom is -0.385 e. The molecule has 1 aromatic carbocycles. The number of sulfonamides is 1. The van der Waals surface area contributed by atoms with Gasteiger partial charge in [-0.3, -0.25) is 0 Å². The Hall–Kier alpha value is -1.11. The molecule has 1 unspecified atom stereocenters. The van der Waals surface area contributed by atoms with Crippen molar-refractivity contribution in [3.63, 3.8) is 0 Å². The van der Waals surface area contributed by atoms with Gasteiger partial charge in [0, 0.05) is 12.2 Å². The van der Waals surface area contributed by atoms with Crippen molar-refractivity contribution in [2.45, 2.75) is 31.1 Å². The number of hydrogen-bond acceptors (Lipinski definition) is 4.